The van der Waals surface area contributed by atoms with Crippen molar-refractivity contribution in [2.45, 2.75) is 72.0 Å². The second-order valence-electron chi connectivity index (χ2n) is 9.96. The van der Waals surface area contributed by atoms with Gasteiger partial charge in [-0.15, -0.1) is 0 Å². The van der Waals surface area contributed by atoms with Crippen LogP contribution in [0.4, 0.5) is 0 Å². The molecule has 0 heterocycles. The molecule has 0 aliphatic carbocycles. The molecule has 7 heteroatoms. The molecule has 0 spiro atoms. The first-order valence-corrected chi connectivity index (χ1v) is 10.9. The van der Waals surface area contributed by atoms with E-state index < -0.39 is 34.9 Å². The Bertz CT molecular complexity index is 840. The van der Waals surface area contributed by atoms with Crippen molar-refractivity contribution in [1.82, 2.24) is 15.5 Å². The number of carbonyl (C=O) groups excluding carboxylic acids is 2. The summed E-state index contributed by atoms with van der Waals surface area (Å²) in [5.41, 5.74) is 0.0922. The summed E-state index contributed by atoms with van der Waals surface area (Å²) >= 11 is 0. The molecule has 0 aliphatic heterocycles. The quantitative estimate of drug-likeness (QED) is 0.508. The van der Waals surface area contributed by atoms with Gasteiger partial charge in [-0.25, -0.2) is 4.79 Å². The van der Waals surface area contributed by atoms with Crippen molar-refractivity contribution >= 4 is 17.8 Å². The van der Waals surface area contributed by atoms with Crippen LogP contribution in [0.1, 0.15) is 54.0 Å². The fourth-order valence-corrected chi connectivity index (χ4v) is 3.68. The summed E-state index contributed by atoms with van der Waals surface area (Å²) in [6.45, 7) is 12.9. The Hall–Kier alpha value is -2.67. The highest BCUT2D eigenvalue weighted by molar-refractivity contribution is 5.91. The molecule has 0 radical (unpaired) electrons. The van der Waals surface area contributed by atoms with Gasteiger partial charge < -0.3 is 20.6 Å². The molecule has 32 heavy (non-hydrogen) atoms. The molecule has 3 N–H and O–H groups in total. The summed E-state index contributed by atoms with van der Waals surface area (Å²) in [5.74, 6) is -1.58. The number of carboxylic acids is 1. The van der Waals surface area contributed by atoms with Gasteiger partial charge in [-0.05, 0) is 31.9 Å². The van der Waals surface area contributed by atoms with Crippen molar-refractivity contribution in [1.29, 1.82) is 0 Å². The number of amides is 2. The molecular weight excluding hydrogens is 406 g/mol. The van der Waals surface area contributed by atoms with E-state index in [0.717, 1.165) is 5.56 Å². The van der Waals surface area contributed by atoms with Crippen LogP contribution in [0.15, 0.2) is 42.0 Å². The minimum atomic E-state index is -1.03. The van der Waals surface area contributed by atoms with E-state index in [9.17, 15) is 14.4 Å². The standard InChI is InChI=1S/C25H39N3O4/c1-16(23(31)32)15-17(2)28(9)22(30)20(24(3,4)5)27-21(29)19(26-8)25(6,7)18-13-11-10-12-14-18/h10-15,17,19-20,26H,1-9H3,(H,27,29)(H,31,32)/b16-15+/t17-,19-,20+/m0/s1. The first-order chi connectivity index (χ1) is 14.6. The number of nitrogens with zero attached hydrogens (tertiary/aromatic N) is 1. The Morgan fingerprint density at radius 2 is 1.56 bits per heavy atom. The topological polar surface area (TPSA) is 98.7 Å². The van der Waals surface area contributed by atoms with Gasteiger partial charge in [0.25, 0.3) is 0 Å². The molecule has 0 aromatic heterocycles. The number of benzene rings is 1. The summed E-state index contributed by atoms with van der Waals surface area (Å²) in [4.78, 5) is 39.4. The zero-order valence-electron chi connectivity index (χ0n) is 20.8. The Labute approximate surface area is 192 Å². The van der Waals surface area contributed by atoms with Gasteiger partial charge in [-0.1, -0.05) is 71.0 Å². The van der Waals surface area contributed by atoms with Crippen LogP contribution in [0.3, 0.4) is 0 Å². The Balaban J connectivity index is 3.18. The number of hydrogen-bond donors (Lipinski definition) is 3. The third kappa shape index (κ3) is 6.66. The molecule has 7 nitrogen and oxygen atoms in total. The molecule has 178 valence electrons. The number of hydrogen-bond acceptors (Lipinski definition) is 4. The minimum absolute atomic E-state index is 0.161. The van der Waals surface area contributed by atoms with Crippen molar-refractivity contribution in [2.24, 2.45) is 5.41 Å². The average Bonchev–Trinajstić information content (AvgIpc) is 2.70. The number of likely N-dealkylation sites (N-methyl/N-ethyl adjacent to an activating group) is 2. The van der Waals surface area contributed by atoms with Gasteiger partial charge in [-0.3, -0.25) is 9.59 Å². The van der Waals surface area contributed by atoms with Crippen LogP contribution in [-0.4, -0.2) is 60.0 Å². The van der Waals surface area contributed by atoms with E-state index in [1.807, 2.05) is 65.0 Å². The molecule has 1 aromatic carbocycles. The van der Waals surface area contributed by atoms with Crippen LogP contribution >= 0.6 is 0 Å². The molecule has 0 fully saturated rings. The predicted molar refractivity (Wildman–Crippen MR) is 127 cm³/mol. The van der Waals surface area contributed by atoms with Crippen LogP contribution in [0, 0.1) is 5.41 Å². The summed E-state index contributed by atoms with van der Waals surface area (Å²) < 4.78 is 0. The van der Waals surface area contributed by atoms with E-state index in [1.165, 1.54) is 17.9 Å². The first-order valence-electron chi connectivity index (χ1n) is 10.9. The largest absolute Gasteiger partial charge is 0.478 e. The van der Waals surface area contributed by atoms with Crippen LogP contribution in [0.5, 0.6) is 0 Å². The zero-order chi connectivity index (χ0) is 24.9. The summed E-state index contributed by atoms with van der Waals surface area (Å²) in [5, 5.41) is 15.2. The van der Waals surface area contributed by atoms with Crippen LogP contribution in [0.25, 0.3) is 0 Å². The highest BCUT2D eigenvalue weighted by Crippen LogP contribution is 2.28. The van der Waals surface area contributed by atoms with Gasteiger partial charge in [0.15, 0.2) is 0 Å². The fraction of sp³-hybridized carbons (Fsp3) is 0.560. The van der Waals surface area contributed by atoms with E-state index in [4.69, 9.17) is 5.11 Å². The lowest BCUT2D eigenvalue weighted by Crippen LogP contribution is -2.61. The normalized spacial score (nSPS) is 15.5. The van der Waals surface area contributed by atoms with Gasteiger partial charge in [0.05, 0.1) is 6.04 Å². The lowest BCUT2D eigenvalue weighted by Gasteiger charge is -2.38. The Morgan fingerprint density at radius 1 is 1.03 bits per heavy atom. The number of rotatable bonds is 9. The fourth-order valence-electron chi connectivity index (χ4n) is 3.68. The van der Waals surface area contributed by atoms with Crippen molar-refractivity contribution in [3.8, 4) is 0 Å². The van der Waals surface area contributed by atoms with E-state index in [2.05, 4.69) is 10.6 Å². The average molecular weight is 446 g/mol. The van der Waals surface area contributed by atoms with E-state index in [1.54, 1.807) is 21.0 Å². The molecule has 3 atom stereocenters. The second kappa shape index (κ2) is 10.8. The maximum atomic E-state index is 13.4. The van der Waals surface area contributed by atoms with Gasteiger partial charge in [0.2, 0.25) is 11.8 Å². The monoisotopic (exact) mass is 445 g/mol. The molecule has 2 amide bonds. The Morgan fingerprint density at radius 3 is 2.00 bits per heavy atom. The van der Waals surface area contributed by atoms with Crippen LogP contribution < -0.4 is 10.6 Å². The predicted octanol–water partition coefficient (Wildman–Crippen LogP) is 2.96. The number of nitrogens with one attached hydrogen (secondary N) is 2. The summed E-state index contributed by atoms with van der Waals surface area (Å²) in [7, 11) is 3.35. The summed E-state index contributed by atoms with van der Waals surface area (Å²) in [6.07, 6.45) is 1.52. The SMILES string of the molecule is CN[C@@H](C(=O)N[C@H](C(=O)N(C)[C@@H](C)/C=C(\C)C(=O)O)C(C)(C)C)C(C)(C)c1ccccc1. The number of carboxylic acid groups (broad SMARTS) is 1. The summed E-state index contributed by atoms with van der Waals surface area (Å²) in [6, 6.07) is 7.97. The van der Waals surface area contributed by atoms with E-state index in [0.29, 0.717) is 0 Å². The third-order valence-corrected chi connectivity index (χ3v) is 5.98. The first kappa shape index (κ1) is 27.4. The molecular formula is C25H39N3O4. The minimum Gasteiger partial charge on any atom is -0.478 e. The maximum Gasteiger partial charge on any atom is 0.331 e. The van der Waals surface area contributed by atoms with Crippen molar-refractivity contribution in [3.05, 3.63) is 47.5 Å². The van der Waals surface area contributed by atoms with Gasteiger partial charge in [0, 0.05) is 24.1 Å². The maximum absolute atomic E-state index is 13.4. The second-order valence-corrected chi connectivity index (χ2v) is 9.96. The number of carbonyl (C=O) groups is 3. The lowest BCUT2D eigenvalue weighted by molar-refractivity contribution is -0.140. The van der Waals surface area contributed by atoms with Crippen LogP contribution in [0.2, 0.25) is 0 Å². The van der Waals surface area contributed by atoms with Gasteiger partial charge >= 0.3 is 5.97 Å². The van der Waals surface area contributed by atoms with Gasteiger partial charge in [0.1, 0.15) is 6.04 Å². The van der Waals surface area contributed by atoms with E-state index >= 15 is 0 Å². The third-order valence-electron chi connectivity index (χ3n) is 5.98. The molecule has 1 aromatic rings. The van der Waals surface area contributed by atoms with Crippen molar-refractivity contribution in [3.63, 3.8) is 0 Å². The highest BCUT2D eigenvalue weighted by atomic mass is 16.4. The molecule has 0 bridgehead atoms. The molecule has 0 unspecified atom stereocenters. The molecule has 1 rings (SSSR count). The lowest BCUT2D eigenvalue weighted by atomic mass is 9.76. The Kier molecular flexibility index (Phi) is 9.21. The van der Waals surface area contributed by atoms with Gasteiger partial charge in [-0.2, -0.15) is 0 Å². The smallest absolute Gasteiger partial charge is 0.331 e. The van der Waals surface area contributed by atoms with Crippen molar-refractivity contribution in [2.75, 3.05) is 14.1 Å². The zero-order valence-corrected chi connectivity index (χ0v) is 20.8. The number of aliphatic carboxylic acids is 1. The highest BCUT2D eigenvalue weighted by Gasteiger charge is 2.41. The molecule has 0 aliphatic rings. The van der Waals surface area contributed by atoms with E-state index in [-0.39, 0.29) is 17.4 Å². The van der Waals surface area contributed by atoms with Crippen molar-refractivity contribution < 1.29 is 19.5 Å². The van der Waals surface area contributed by atoms with Crippen LogP contribution in [-0.2, 0) is 19.8 Å². The molecule has 0 saturated heterocycles. The molecule has 0 saturated carbocycles.